The second-order valence-corrected chi connectivity index (χ2v) is 38.2. The van der Waals surface area contributed by atoms with Crippen LogP contribution in [0.5, 0.6) is 5.75 Å². The van der Waals surface area contributed by atoms with E-state index in [1.54, 1.807) is 25.7 Å². The maximum Gasteiger partial charge on any atom is 0.266 e. The lowest BCUT2D eigenvalue weighted by molar-refractivity contribution is -0.234. The first-order valence-electron chi connectivity index (χ1n) is 48.3. The number of nitrogens with zero attached hydrogens (tertiary/aromatic N) is 1. The monoisotopic (exact) mass is 1960 g/mol. The summed E-state index contributed by atoms with van der Waals surface area (Å²) in [6.07, 6.45) is 4.14. The molecular formula is C99H142F2N10O26S. The number of hydrogen-bond donors (Lipinski definition) is 11. The van der Waals surface area contributed by atoms with Crippen LogP contribution in [0.15, 0.2) is 115 Å². The zero-order valence-electron chi connectivity index (χ0n) is 80.3. The standard InChI is InChI=1S/C99H142F2N10O26S/c1-8-18-90-136-84-60-74-75-59-77(100)76-58-71(112)32-35-96(76,6)98(75,101)82(113)61-97(74,7)99(84,137-90)83(114)63-134-72-28-26-70(27-29-72)108-93(120)67(5)107-95(122)92(65(2)3)110-94(121)79(23-16-17-36-104-88(118)64-135-81-25-11-9-10-22-78(91(81)102)103-37-42-128-46-50-132-54-52-130-48-44-126-40-33-86(116)106-39-56-138(123,124)125)109-87(117)34-41-127-45-49-131-53-55-133-51-47-129-43-38-105-85(115)30-31-89(119)111-62-69-20-12-14-21-73(69)66(4)57-68-19-13-15-24-80(68)111/h12-15,19-21,24,26-29,32,35,58,65,67,74-75,77,79,81-82,84,90,92,103,113H,4,8-11,16-18,22-23,25,30-31,33-34,36-57,59-64,102H2,1-3,5-7H3,(H,104,118)(H,105,115)(H,106,116)(H,107,122)(H,108,120)(H,109,117)(H,110,121)(H,123,124,125)/b91-78-/t67-,74-,75-,77-,79+,81?,82-,84+,90?,92-,96-,97-,98-,99+/m0/s1. The lowest BCUT2D eigenvalue weighted by atomic mass is 9.44. The molecule has 1 saturated heterocycles. The van der Waals surface area contributed by atoms with Crippen molar-refractivity contribution in [2.75, 3.05) is 161 Å². The first kappa shape index (κ1) is 110. The Labute approximate surface area is 807 Å². The number of aliphatic hydroxyl groups excluding tert-OH is 1. The van der Waals surface area contributed by atoms with Gasteiger partial charge in [0.25, 0.3) is 10.1 Å². The highest BCUT2D eigenvalue weighted by atomic mass is 32.2. The third kappa shape index (κ3) is 31.0. The smallest absolute Gasteiger partial charge is 0.266 e. The van der Waals surface area contributed by atoms with E-state index in [1.807, 2.05) is 55.5 Å². The number of ether oxygens (including phenoxy) is 12. The van der Waals surface area contributed by atoms with Crippen molar-refractivity contribution < 1.29 is 132 Å². The third-order valence-electron chi connectivity index (χ3n) is 26.5. The first-order chi connectivity index (χ1) is 66.2. The lowest BCUT2D eigenvalue weighted by Gasteiger charge is -2.63. The van der Waals surface area contributed by atoms with Crippen molar-refractivity contribution >= 4 is 85.9 Å². The molecule has 0 radical (unpaired) electrons. The van der Waals surface area contributed by atoms with E-state index < -0.39 is 158 Å². The van der Waals surface area contributed by atoms with Crippen molar-refractivity contribution in [3.63, 3.8) is 0 Å². The Morgan fingerprint density at radius 2 is 1.27 bits per heavy atom. The molecule has 39 heteroatoms. The molecule has 764 valence electrons. The van der Waals surface area contributed by atoms with Gasteiger partial charge in [-0.15, -0.1) is 0 Å². The Bertz CT molecular complexity index is 4800. The number of alkyl halides is 2. The van der Waals surface area contributed by atoms with Crippen molar-refractivity contribution in [1.29, 1.82) is 0 Å². The van der Waals surface area contributed by atoms with Gasteiger partial charge in [-0.05, 0) is 167 Å². The fourth-order valence-electron chi connectivity index (χ4n) is 19.3. The fourth-order valence-corrected chi connectivity index (χ4v) is 19.6. The van der Waals surface area contributed by atoms with Gasteiger partial charge in [-0.25, -0.2) is 8.78 Å². The number of amides is 8. The number of benzene rings is 3. The second kappa shape index (κ2) is 54.4. The van der Waals surface area contributed by atoms with Crippen LogP contribution in [0.2, 0.25) is 0 Å². The topological polar surface area (TPSA) is 482 Å². The number of para-hydroxylation sites is 1. The van der Waals surface area contributed by atoms with Crippen LogP contribution >= 0.6 is 0 Å². The average molecular weight is 1960 g/mol. The summed E-state index contributed by atoms with van der Waals surface area (Å²) < 4.78 is 135. The number of fused-ring (bicyclic) bond motifs is 9. The molecule has 5 aliphatic carbocycles. The number of nitrogens with two attached hydrogens (primary N) is 1. The molecule has 3 aromatic rings. The van der Waals surface area contributed by atoms with Gasteiger partial charge < -0.3 is 115 Å². The Morgan fingerprint density at radius 3 is 1.93 bits per heavy atom. The number of anilines is 2. The highest BCUT2D eigenvalue weighted by Crippen LogP contribution is 2.72. The van der Waals surface area contributed by atoms with Crippen molar-refractivity contribution in [3.8, 4) is 5.75 Å². The average Bonchev–Trinajstić information content (AvgIpc) is 1.48. The Kier molecular flexibility index (Phi) is 43.5. The van der Waals surface area contributed by atoms with Gasteiger partial charge in [0, 0.05) is 85.7 Å². The van der Waals surface area contributed by atoms with E-state index in [-0.39, 0.29) is 173 Å². The molecule has 0 bridgehead atoms. The van der Waals surface area contributed by atoms with Gasteiger partial charge in [-0.2, -0.15) is 8.42 Å². The predicted octanol–water partition coefficient (Wildman–Crippen LogP) is 6.92. The maximum absolute atomic E-state index is 18.1. The van der Waals surface area contributed by atoms with Crippen LogP contribution in [0.25, 0.3) is 5.57 Å². The number of nitrogens with one attached hydrogen (secondary N) is 8. The molecule has 0 aromatic heterocycles. The van der Waals surface area contributed by atoms with Crippen LogP contribution in [0.3, 0.4) is 0 Å². The van der Waals surface area contributed by atoms with Crippen LogP contribution < -0.4 is 57.9 Å². The normalized spacial score (nSPS) is 24.4. The van der Waals surface area contributed by atoms with Crippen molar-refractivity contribution in [2.45, 2.75) is 224 Å². The molecular weight excluding hydrogens is 1820 g/mol. The molecule has 3 aromatic carbocycles. The van der Waals surface area contributed by atoms with Crippen LogP contribution in [0.1, 0.15) is 167 Å². The zero-order chi connectivity index (χ0) is 99.4. The van der Waals surface area contributed by atoms with Gasteiger partial charge in [0.15, 0.2) is 23.3 Å². The summed E-state index contributed by atoms with van der Waals surface area (Å²) in [4.78, 5) is 137. The molecule has 0 spiro atoms. The van der Waals surface area contributed by atoms with Gasteiger partial charge >= 0.3 is 0 Å². The summed E-state index contributed by atoms with van der Waals surface area (Å²) in [5.41, 5.74) is 6.13. The first-order valence-corrected chi connectivity index (χ1v) is 49.9. The van der Waals surface area contributed by atoms with Gasteiger partial charge in [-0.1, -0.05) is 102 Å². The fraction of sp³-hybridized carbons (Fsp3) is 0.636. The molecule has 2 aliphatic heterocycles. The number of rotatable bonds is 59. The molecule has 36 nitrogen and oxygen atoms in total. The Hall–Kier alpha value is -9.59. The SMILES string of the molecule is C=C1Cc2ccccc2N(C(=O)CCC(=O)NCCOCCOCCOCCOCCC(=O)N[C@H](CCCCNC(=O)COC2CCCCC/C(NCCOCCOCCOCCOCCC(=O)NCCS(=O)(=O)O)=C\2N)C(=O)N[C@H](C(=O)N[C@@H](C)C(=O)Nc2ccc(OCC(=O)[C@@]34OC(CCC)O[C@@H]3C[C@H]3[C@@H]5C[C@H](F)C6=CC(=O)C=C[C@]6(C)[C@@]5(F)[C@@H](O)C[C@@]34C)cc2)C(C)C)Cc2ccccc21. The molecule has 12 N–H and O–H groups in total. The quantitative estimate of drug-likeness (QED) is 0.0202. The summed E-state index contributed by atoms with van der Waals surface area (Å²) in [7, 11) is -4.16. The minimum atomic E-state index is -4.16. The number of aliphatic hydroxyl groups is 1. The molecule has 10 rings (SSSR count). The van der Waals surface area contributed by atoms with Crippen molar-refractivity contribution in [2.24, 2.45) is 34.3 Å². The highest BCUT2D eigenvalue weighted by Gasteiger charge is 2.80. The molecule has 2 unspecified atom stereocenters. The summed E-state index contributed by atoms with van der Waals surface area (Å²) >= 11 is 0. The number of carbonyl (C=O) groups is 10. The number of Topliss-reactive ketones (excluding diaryl/α,β-unsaturated/α-hetero) is 1. The number of allylic oxidation sites excluding steroid dienone is 6. The lowest BCUT2D eigenvalue weighted by Crippen LogP contribution is -2.71. The molecule has 14 atom stereocenters. The molecule has 3 saturated carbocycles. The van der Waals surface area contributed by atoms with Gasteiger partial charge in [-0.3, -0.25) is 52.5 Å². The van der Waals surface area contributed by atoms with E-state index in [9.17, 15) is 61.5 Å². The number of halogens is 2. The highest BCUT2D eigenvalue weighted by molar-refractivity contribution is 7.85. The van der Waals surface area contributed by atoms with Gasteiger partial charge in [0.05, 0.1) is 142 Å². The van der Waals surface area contributed by atoms with E-state index in [0.717, 1.165) is 59.0 Å². The largest absolute Gasteiger partial charge is 0.486 e. The Balaban J connectivity index is 0.641. The minimum Gasteiger partial charge on any atom is -0.486 e. The molecule has 138 heavy (non-hydrogen) atoms. The van der Waals surface area contributed by atoms with Crippen LogP contribution in [0.4, 0.5) is 20.2 Å². The van der Waals surface area contributed by atoms with Crippen LogP contribution in [-0.2, 0) is 123 Å². The van der Waals surface area contributed by atoms with E-state index in [1.165, 1.54) is 50.3 Å². The summed E-state index contributed by atoms with van der Waals surface area (Å²) in [5.74, 6) is -7.34. The molecule has 8 amide bonds. The number of hydrogen-bond acceptors (Lipinski definition) is 27. The maximum atomic E-state index is 18.1. The number of unbranched alkanes of at least 4 members (excludes halogenated alkanes) is 1. The summed E-state index contributed by atoms with van der Waals surface area (Å²) in [6, 6.07) is 18.3. The van der Waals surface area contributed by atoms with Gasteiger partial charge in [0.2, 0.25) is 53.0 Å². The van der Waals surface area contributed by atoms with Crippen LogP contribution in [-0.4, -0.2) is 288 Å². The van der Waals surface area contributed by atoms with E-state index in [0.29, 0.717) is 102 Å². The minimum absolute atomic E-state index is 0.0133. The summed E-state index contributed by atoms with van der Waals surface area (Å²) in [6.45, 7) is 18.5. The predicted molar refractivity (Wildman–Crippen MR) is 506 cm³/mol. The van der Waals surface area contributed by atoms with Crippen molar-refractivity contribution in [3.05, 3.63) is 131 Å². The zero-order valence-corrected chi connectivity index (χ0v) is 81.1. The molecule has 4 fully saturated rings. The van der Waals surface area contributed by atoms with E-state index in [2.05, 4.69) is 49.1 Å². The number of carbonyl (C=O) groups excluding carboxylic acids is 10. The number of ketones is 2. The van der Waals surface area contributed by atoms with E-state index in [4.69, 9.17) is 67.1 Å². The van der Waals surface area contributed by atoms with Crippen LogP contribution in [0, 0.1) is 28.6 Å². The van der Waals surface area contributed by atoms with Gasteiger partial charge in [0.1, 0.15) is 43.3 Å². The Morgan fingerprint density at radius 1 is 0.659 bits per heavy atom. The summed E-state index contributed by atoms with van der Waals surface area (Å²) in [5, 5.41) is 34.6. The third-order valence-corrected chi connectivity index (χ3v) is 27.3. The second-order valence-electron chi connectivity index (χ2n) is 36.6. The van der Waals surface area contributed by atoms with Crippen molar-refractivity contribution in [1.82, 2.24) is 37.2 Å². The molecule has 2 heterocycles. The molecule has 7 aliphatic rings. The van der Waals surface area contributed by atoms with E-state index >= 15 is 8.78 Å².